The molecule has 0 saturated carbocycles. The van der Waals surface area contributed by atoms with Crippen LogP contribution in [0.25, 0.3) is 10.9 Å². The van der Waals surface area contributed by atoms with Crippen LogP contribution in [0.15, 0.2) is 53.3 Å². The van der Waals surface area contributed by atoms with Crippen LogP contribution in [0.4, 0.5) is 0 Å². The molecule has 0 fully saturated rings. The van der Waals surface area contributed by atoms with Crippen LogP contribution >= 0.6 is 11.6 Å². The maximum Gasteiger partial charge on any atom is 0.261 e. The number of carbonyl (C=O) groups excluding carboxylic acids is 1. The fourth-order valence-electron chi connectivity index (χ4n) is 3.49. The number of likely N-dealkylation sites (N-methyl/N-ethyl adjacent to an activating group) is 1. The fourth-order valence-corrected chi connectivity index (χ4v) is 3.66. The van der Waals surface area contributed by atoms with Crippen molar-refractivity contribution < 1.29 is 4.79 Å². The Labute approximate surface area is 181 Å². The molecule has 0 aliphatic heterocycles. The minimum absolute atomic E-state index is 0.000928. The van der Waals surface area contributed by atoms with Gasteiger partial charge in [-0.15, -0.1) is 0 Å². The van der Waals surface area contributed by atoms with Crippen LogP contribution in [0.5, 0.6) is 0 Å². The molecule has 0 aliphatic carbocycles. The molecule has 1 atom stereocenters. The maximum atomic E-state index is 13.2. The average molecular weight is 427 g/mol. The van der Waals surface area contributed by atoms with Gasteiger partial charge in [0.25, 0.3) is 5.56 Å². The second kappa shape index (κ2) is 9.41. The molecule has 3 rings (SSSR count). The Bertz CT molecular complexity index is 1100. The molecule has 6 nitrogen and oxygen atoms in total. The lowest BCUT2D eigenvalue weighted by atomic mass is 10.1. The highest BCUT2D eigenvalue weighted by atomic mass is 35.5. The van der Waals surface area contributed by atoms with Gasteiger partial charge in [-0.05, 0) is 44.8 Å². The largest absolute Gasteiger partial charge is 0.331 e. The zero-order valence-electron chi connectivity index (χ0n) is 17.8. The first-order valence-electron chi connectivity index (χ1n) is 9.92. The summed E-state index contributed by atoms with van der Waals surface area (Å²) in [5, 5.41) is 0.962. The van der Waals surface area contributed by atoms with Gasteiger partial charge in [0, 0.05) is 25.2 Å². The third-order valence-electron chi connectivity index (χ3n) is 5.22. The molecule has 158 valence electrons. The van der Waals surface area contributed by atoms with E-state index in [1.165, 1.54) is 4.57 Å². The molecule has 0 saturated heterocycles. The van der Waals surface area contributed by atoms with E-state index in [1.807, 2.05) is 56.3 Å². The van der Waals surface area contributed by atoms with Crippen molar-refractivity contribution in [2.75, 3.05) is 27.2 Å². The van der Waals surface area contributed by atoms with E-state index in [1.54, 1.807) is 30.1 Å². The smallest absolute Gasteiger partial charge is 0.261 e. The van der Waals surface area contributed by atoms with E-state index >= 15 is 0 Å². The third-order valence-corrected chi connectivity index (χ3v) is 5.46. The van der Waals surface area contributed by atoms with Gasteiger partial charge in [0.2, 0.25) is 5.91 Å². The lowest BCUT2D eigenvalue weighted by Gasteiger charge is -2.31. The van der Waals surface area contributed by atoms with Gasteiger partial charge in [-0.1, -0.05) is 41.9 Å². The quantitative estimate of drug-likeness (QED) is 0.581. The van der Waals surface area contributed by atoms with Gasteiger partial charge in [0.05, 0.1) is 23.4 Å². The van der Waals surface area contributed by atoms with Crippen molar-refractivity contribution in [3.8, 4) is 0 Å². The summed E-state index contributed by atoms with van der Waals surface area (Å²) in [5.41, 5.74) is 1.36. The summed E-state index contributed by atoms with van der Waals surface area (Å²) in [6.45, 7) is 3.17. The van der Waals surface area contributed by atoms with Crippen molar-refractivity contribution in [3.63, 3.8) is 0 Å². The van der Waals surface area contributed by atoms with E-state index in [-0.39, 0.29) is 17.5 Å². The number of aromatic nitrogens is 2. The Morgan fingerprint density at radius 2 is 1.83 bits per heavy atom. The summed E-state index contributed by atoms with van der Waals surface area (Å²) in [5.74, 6) is 0.552. The number of hydrogen-bond acceptors (Lipinski definition) is 4. The SMILES string of the molecule is CC(c1nc2ccc(Cl)cc2c(=O)n1C)N(CCN(C)C)C(=O)Cc1ccccc1. The monoisotopic (exact) mass is 426 g/mol. The Morgan fingerprint density at radius 1 is 1.13 bits per heavy atom. The maximum absolute atomic E-state index is 13.2. The number of amides is 1. The van der Waals surface area contributed by atoms with Gasteiger partial charge in [0.15, 0.2) is 0 Å². The number of hydrogen-bond donors (Lipinski definition) is 0. The zero-order valence-corrected chi connectivity index (χ0v) is 18.6. The molecule has 7 heteroatoms. The zero-order chi connectivity index (χ0) is 21.8. The summed E-state index contributed by atoms with van der Waals surface area (Å²) >= 11 is 6.05. The summed E-state index contributed by atoms with van der Waals surface area (Å²) in [7, 11) is 5.63. The predicted molar refractivity (Wildman–Crippen MR) is 121 cm³/mol. The van der Waals surface area contributed by atoms with Crippen molar-refractivity contribution in [1.82, 2.24) is 19.4 Å². The summed E-state index contributed by atoms with van der Waals surface area (Å²) in [6.07, 6.45) is 0.301. The fraction of sp³-hybridized carbons (Fsp3) is 0.348. The number of rotatable bonds is 7. The van der Waals surface area contributed by atoms with E-state index in [4.69, 9.17) is 16.6 Å². The van der Waals surface area contributed by atoms with Crippen molar-refractivity contribution in [2.24, 2.45) is 7.05 Å². The second-order valence-corrected chi connectivity index (χ2v) is 8.16. The minimum Gasteiger partial charge on any atom is -0.331 e. The number of fused-ring (bicyclic) bond motifs is 1. The van der Waals surface area contributed by atoms with Crippen LogP contribution < -0.4 is 5.56 Å². The van der Waals surface area contributed by atoms with Crippen LogP contribution in [0, 0.1) is 0 Å². The Hall–Kier alpha value is -2.70. The van der Waals surface area contributed by atoms with Crippen LogP contribution in [-0.2, 0) is 18.3 Å². The van der Waals surface area contributed by atoms with E-state index in [0.717, 1.165) is 5.56 Å². The van der Waals surface area contributed by atoms with Gasteiger partial charge in [0.1, 0.15) is 5.82 Å². The topological polar surface area (TPSA) is 58.4 Å². The van der Waals surface area contributed by atoms with E-state index in [0.29, 0.717) is 41.3 Å². The van der Waals surface area contributed by atoms with Crippen LogP contribution in [-0.4, -0.2) is 52.4 Å². The average Bonchev–Trinajstić information content (AvgIpc) is 2.71. The first-order chi connectivity index (χ1) is 14.3. The van der Waals surface area contributed by atoms with Crippen molar-refractivity contribution in [2.45, 2.75) is 19.4 Å². The first kappa shape index (κ1) is 22.0. The van der Waals surface area contributed by atoms with Gasteiger partial charge in [-0.25, -0.2) is 4.98 Å². The molecule has 1 aromatic heterocycles. The summed E-state index contributed by atoms with van der Waals surface area (Å²) in [6, 6.07) is 14.4. The third kappa shape index (κ3) is 4.89. The van der Waals surface area contributed by atoms with Crippen LogP contribution in [0.2, 0.25) is 5.02 Å². The van der Waals surface area contributed by atoms with E-state index in [9.17, 15) is 9.59 Å². The van der Waals surface area contributed by atoms with Crippen LogP contribution in [0.1, 0.15) is 24.4 Å². The molecule has 0 spiro atoms. The number of benzene rings is 2. The first-order valence-corrected chi connectivity index (χ1v) is 10.3. The molecule has 0 radical (unpaired) electrons. The van der Waals surface area contributed by atoms with E-state index < -0.39 is 0 Å². The van der Waals surface area contributed by atoms with Crippen LogP contribution in [0.3, 0.4) is 0 Å². The molecule has 0 aliphatic rings. The van der Waals surface area contributed by atoms with Crippen molar-refractivity contribution >= 4 is 28.4 Å². The summed E-state index contributed by atoms with van der Waals surface area (Å²) < 4.78 is 1.52. The molecular formula is C23H27ClN4O2. The number of nitrogens with zero attached hydrogens (tertiary/aromatic N) is 4. The summed E-state index contributed by atoms with van der Waals surface area (Å²) in [4.78, 5) is 34.7. The van der Waals surface area contributed by atoms with Gasteiger partial charge in [-0.3, -0.25) is 14.2 Å². The standard InChI is InChI=1S/C23H27ClN4O2/c1-16(22-25-20-11-10-18(24)15-19(20)23(30)27(22)4)28(13-12-26(2)3)21(29)14-17-8-6-5-7-9-17/h5-11,15-16H,12-14H2,1-4H3. The second-order valence-electron chi connectivity index (χ2n) is 7.72. The molecule has 0 bridgehead atoms. The molecule has 1 amide bonds. The van der Waals surface area contributed by atoms with Gasteiger partial charge >= 0.3 is 0 Å². The lowest BCUT2D eigenvalue weighted by molar-refractivity contribution is -0.133. The lowest BCUT2D eigenvalue weighted by Crippen LogP contribution is -2.41. The highest BCUT2D eigenvalue weighted by Crippen LogP contribution is 2.22. The molecule has 0 N–H and O–H groups in total. The number of carbonyl (C=O) groups is 1. The molecular weight excluding hydrogens is 400 g/mol. The highest BCUT2D eigenvalue weighted by Gasteiger charge is 2.25. The highest BCUT2D eigenvalue weighted by molar-refractivity contribution is 6.31. The Morgan fingerprint density at radius 3 is 2.50 bits per heavy atom. The number of halogens is 1. The molecule has 1 unspecified atom stereocenters. The van der Waals surface area contributed by atoms with Crippen molar-refractivity contribution in [1.29, 1.82) is 0 Å². The Kier molecular flexibility index (Phi) is 6.90. The van der Waals surface area contributed by atoms with Gasteiger partial charge < -0.3 is 9.80 Å². The molecule has 3 aromatic rings. The predicted octanol–water partition coefficient (Wildman–Crippen LogP) is 3.28. The Balaban J connectivity index is 1.98. The molecule has 2 aromatic carbocycles. The van der Waals surface area contributed by atoms with Gasteiger partial charge in [-0.2, -0.15) is 0 Å². The normalized spacial score (nSPS) is 12.3. The van der Waals surface area contributed by atoms with E-state index in [2.05, 4.69) is 0 Å². The van der Waals surface area contributed by atoms with Crippen molar-refractivity contribution in [3.05, 3.63) is 75.3 Å². The molecule has 30 heavy (non-hydrogen) atoms. The minimum atomic E-state index is -0.362. The molecule has 1 heterocycles.